The monoisotopic (exact) mass is 318 g/mol. The van der Waals surface area contributed by atoms with Gasteiger partial charge in [0.25, 0.3) is 0 Å². The Labute approximate surface area is 135 Å². The van der Waals surface area contributed by atoms with Crippen molar-refractivity contribution in [1.29, 1.82) is 0 Å². The molecule has 1 aliphatic rings. The van der Waals surface area contributed by atoms with Crippen LogP contribution in [0.1, 0.15) is 12.8 Å². The smallest absolute Gasteiger partial charge is 0.313 e. The molecule has 0 unspecified atom stereocenters. The van der Waals surface area contributed by atoms with Gasteiger partial charge in [-0.05, 0) is 31.0 Å². The van der Waals surface area contributed by atoms with E-state index in [2.05, 4.69) is 5.32 Å². The van der Waals surface area contributed by atoms with Crippen LogP contribution in [0.15, 0.2) is 24.3 Å². The molecule has 1 fully saturated rings. The van der Waals surface area contributed by atoms with E-state index in [-0.39, 0.29) is 11.8 Å². The summed E-state index contributed by atoms with van der Waals surface area (Å²) in [6.45, 7) is 0.745. The molecule has 2 rings (SSSR count). The molecule has 1 aromatic carbocycles. The van der Waals surface area contributed by atoms with Crippen LogP contribution < -0.4 is 16.0 Å². The Bertz CT molecular complexity index is 607. The van der Waals surface area contributed by atoms with Gasteiger partial charge in [-0.3, -0.25) is 14.4 Å². The summed E-state index contributed by atoms with van der Waals surface area (Å²) in [5, 5.41) is 2.62. The van der Waals surface area contributed by atoms with Crippen LogP contribution >= 0.6 is 0 Å². The van der Waals surface area contributed by atoms with Crippen LogP contribution in [0.3, 0.4) is 0 Å². The number of carbonyl (C=O) groups is 3. The maximum Gasteiger partial charge on any atom is 0.313 e. The Morgan fingerprint density at radius 3 is 2.43 bits per heavy atom. The SMILES string of the molecule is CN(C)c1cccc(NC(=O)C(=O)N2CCC(C(N)=O)CC2)c1. The number of hydrogen-bond acceptors (Lipinski definition) is 4. The number of nitrogens with one attached hydrogen (secondary N) is 1. The second kappa shape index (κ2) is 7.13. The number of hydrogen-bond donors (Lipinski definition) is 2. The fourth-order valence-electron chi connectivity index (χ4n) is 2.56. The zero-order chi connectivity index (χ0) is 17.0. The Balaban J connectivity index is 1.94. The Kier molecular flexibility index (Phi) is 5.20. The maximum absolute atomic E-state index is 12.2. The molecule has 1 saturated heterocycles. The molecule has 3 N–H and O–H groups in total. The van der Waals surface area contributed by atoms with Gasteiger partial charge in [-0.1, -0.05) is 6.07 Å². The molecule has 0 radical (unpaired) electrons. The molecule has 0 spiro atoms. The van der Waals surface area contributed by atoms with E-state index in [1.807, 2.05) is 31.1 Å². The van der Waals surface area contributed by atoms with Crippen LogP contribution in [0.5, 0.6) is 0 Å². The predicted octanol–water partition coefficient (Wildman–Crippen LogP) is 0.415. The normalized spacial score (nSPS) is 15.1. The molecule has 3 amide bonds. The topological polar surface area (TPSA) is 95.7 Å². The highest BCUT2D eigenvalue weighted by molar-refractivity contribution is 6.39. The van der Waals surface area contributed by atoms with Gasteiger partial charge in [-0.25, -0.2) is 0 Å². The first-order valence-corrected chi connectivity index (χ1v) is 7.55. The Morgan fingerprint density at radius 1 is 1.22 bits per heavy atom. The molecule has 7 nitrogen and oxygen atoms in total. The Morgan fingerprint density at radius 2 is 1.87 bits per heavy atom. The summed E-state index contributed by atoms with van der Waals surface area (Å²) < 4.78 is 0. The van der Waals surface area contributed by atoms with Crippen LogP contribution in [0.2, 0.25) is 0 Å². The van der Waals surface area contributed by atoms with Crippen molar-refractivity contribution >= 4 is 29.1 Å². The van der Waals surface area contributed by atoms with Crippen LogP contribution in [-0.4, -0.2) is 49.8 Å². The van der Waals surface area contributed by atoms with Crippen molar-refractivity contribution in [3.8, 4) is 0 Å². The molecule has 23 heavy (non-hydrogen) atoms. The van der Waals surface area contributed by atoms with Gasteiger partial charge in [-0.2, -0.15) is 0 Å². The van der Waals surface area contributed by atoms with Gasteiger partial charge in [-0.15, -0.1) is 0 Å². The Hall–Kier alpha value is -2.57. The highest BCUT2D eigenvalue weighted by atomic mass is 16.2. The maximum atomic E-state index is 12.2. The van der Waals surface area contributed by atoms with Gasteiger partial charge in [0.1, 0.15) is 0 Å². The van der Waals surface area contributed by atoms with Crippen molar-refractivity contribution < 1.29 is 14.4 Å². The lowest BCUT2D eigenvalue weighted by atomic mass is 9.96. The molecule has 7 heteroatoms. The van der Waals surface area contributed by atoms with Gasteiger partial charge in [0.15, 0.2) is 0 Å². The zero-order valence-corrected chi connectivity index (χ0v) is 13.4. The van der Waals surface area contributed by atoms with E-state index in [0.717, 1.165) is 5.69 Å². The quantitative estimate of drug-likeness (QED) is 0.789. The fourth-order valence-corrected chi connectivity index (χ4v) is 2.56. The van der Waals surface area contributed by atoms with Crippen molar-refractivity contribution in [2.24, 2.45) is 11.7 Å². The summed E-state index contributed by atoms with van der Waals surface area (Å²) >= 11 is 0. The molecule has 0 atom stereocenters. The van der Waals surface area contributed by atoms with Crippen molar-refractivity contribution in [1.82, 2.24) is 4.90 Å². The number of primary amides is 1. The predicted molar refractivity (Wildman–Crippen MR) is 87.9 cm³/mol. The van der Waals surface area contributed by atoms with Gasteiger partial charge >= 0.3 is 11.8 Å². The molecule has 1 heterocycles. The van der Waals surface area contributed by atoms with Crippen molar-refractivity contribution in [3.05, 3.63) is 24.3 Å². The van der Waals surface area contributed by atoms with E-state index in [4.69, 9.17) is 5.73 Å². The number of piperidine rings is 1. The molecule has 1 aromatic rings. The van der Waals surface area contributed by atoms with E-state index in [9.17, 15) is 14.4 Å². The molecule has 124 valence electrons. The number of amides is 3. The number of likely N-dealkylation sites (tertiary alicyclic amines) is 1. The summed E-state index contributed by atoms with van der Waals surface area (Å²) in [6.07, 6.45) is 1.01. The lowest BCUT2D eigenvalue weighted by molar-refractivity contribution is -0.144. The number of carbonyl (C=O) groups excluding carboxylic acids is 3. The average molecular weight is 318 g/mol. The third-order valence-electron chi connectivity index (χ3n) is 4.00. The highest BCUT2D eigenvalue weighted by Gasteiger charge is 2.29. The second-order valence-electron chi connectivity index (χ2n) is 5.87. The van der Waals surface area contributed by atoms with Gasteiger partial charge in [0.05, 0.1) is 0 Å². The first-order valence-electron chi connectivity index (χ1n) is 7.55. The number of anilines is 2. The highest BCUT2D eigenvalue weighted by Crippen LogP contribution is 2.19. The fraction of sp³-hybridized carbons (Fsp3) is 0.438. The summed E-state index contributed by atoms with van der Waals surface area (Å²) in [7, 11) is 3.80. The number of nitrogens with two attached hydrogens (primary N) is 1. The molecule has 0 saturated carbocycles. The lowest BCUT2D eigenvalue weighted by Crippen LogP contribution is -2.46. The molecular formula is C16H22N4O3. The lowest BCUT2D eigenvalue weighted by Gasteiger charge is -2.30. The van der Waals surface area contributed by atoms with Crippen molar-refractivity contribution in [2.75, 3.05) is 37.4 Å². The van der Waals surface area contributed by atoms with Crippen molar-refractivity contribution in [3.63, 3.8) is 0 Å². The summed E-state index contributed by atoms with van der Waals surface area (Å²) in [6, 6.07) is 7.25. The largest absolute Gasteiger partial charge is 0.378 e. The molecule has 0 aliphatic carbocycles. The average Bonchev–Trinajstić information content (AvgIpc) is 2.54. The molecule has 1 aliphatic heterocycles. The number of nitrogens with zero attached hydrogens (tertiary/aromatic N) is 2. The molecule has 0 bridgehead atoms. The van der Waals surface area contributed by atoms with Crippen LogP contribution in [0.4, 0.5) is 11.4 Å². The minimum Gasteiger partial charge on any atom is -0.378 e. The zero-order valence-electron chi connectivity index (χ0n) is 13.4. The minimum atomic E-state index is -0.668. The second-order valence-corrected chi connectivity index (χ2v) is 5.87. The van der Waals surface area contributed by atoms with Crippen molar-refractivity contribution in [2.45, 2.75) is 12.8 Å². The van der Waals surface area contributed by atoms with Crippen LogP contribution in [0, 0.1) is 5.92 Å². The van der Waals surface area contributed by atoms with Gasteiger partial charge < -0.3 is 20.9 Å². The first-order chi connectivity index (χ1) is 10.9. The molecular weight excluding hydrogens is 296 g/mol. The van der Waals surface area contributed by atoms with E-state index in [1.165, 1.54) is 4.90 Å². The van der Waals surface area contributed by atoms with E-state index >= 15 is 0 Å². The summed E-state index contributed by atoms with van der Waals surface area (Å²) in [4.78, 5) is 38.8. The molecule has 0 aromatic heterocycles. The van der Waals surface area contributed by atoms with Crippen LogP contribution in [-0.2, 0) is 14.4 Å². The standard InChI is InChI=1S/C16H22N4O3/c1-19(2)13-5-3-4-12(10-13)18-15(22)16(23)20-8-6-11(7-9-20)14(17)21/h3-5,10-11H,6-9H2,1-2H3,(H2,17,21)(H,18,22). The van der Waals surface area contributed by atoms with E-state index in [0.29, 0.717) is 31.6 Å². The van der Waals surface area contributed by atoms with E-state index in [1.54, 1.807) is 12.1 Å². The number of benzene rings is 1. The summed E-state index contributed by atoms with van der Waals surface area (Å²) in [5.74, 6) is -1.80. The number of rotatable bonds is 3. The van der Waals surface area contributed by atoms with Gasteiger partial charge in [0.2, 0.25) is 5.91 Å². The van der Waals surface area contributed by atoms with Gasteiger partial charge in [0, 0.05) is 44.5 Å². The third-order valence-corrected chi connectivity index (χ3v) is 4.00. The van der Waals surface area contributed by atoms with Crippen LogP contribution in [0.25, 0.3) is 0 Å². The van der Waals surface area contributed by atoms with E-state index < -0.39 is 11.8 Å². The first kappa shape index (κ1) is 16.8. The summed E-state index contributed by atoms with van der Waals surface area (Å²) in [5.41, 5.74) is 6.76. The third kappa shape index (κ3) is 4.21. The minimum absolute atomic E-state index is 0.209.